The highest BCUT2D eigenvalue weighted by Gasteiger charge is 2.43. The van der Waals surface area contributed by atoms with E-state index in [1.807, 2.05) is 6.07 Å². The highest BCUT2D eigenvalue weighted by Crippen LogP contribution is 2.24. The van der Waals surface area contributed by atoms with E-state index in [9.17, 15) is 29.1 Å². The quantitative estimate of drug-likeness (QED) is 0.264. The lowest BCUT2D eigenvalue weighted by atomic mass is 9.99. The number of rotatable bonds is 12. The Morgan fingerprint density at radius 3 is 2.17 bits per heavy atom. The monoisotopic (exact) mass is 565 g/mol. The summed E-state index contributed by atoms with van der Waals surface area (Å²) >= 11 is 0. The molecule has 0 unspecified atom stereocenters. The first kappa shape index (κ1) is 29.5. The molecule has 2 fully saturated rings. The number of ether oxygens (including phenoxy) is 1. The van der Waals surface area contributed by atoms with E-state index in [-0.39, 0.29) is 18.9 Å². The number of likely N-dealkylation sites (tertiary alicyclic amines) is 1. The molecule has 5 amide bonds. The number of amides is 5. The van der Waals surface area contributed by atoms with Crippen molar-refractivity contribution in [2.75, 3.05) is 19.6 Å². The molecule has 2 heterocycles. The highest BCUT2D eigenvalue weighted by molar-refractivity contribution is 5.93. The molecule has 12 heteroatoms. The van der Waals surface area contributed by atoms with E-state index >= 15 is 0 Å². The molecule has 4 atom stereocenters. The molecular formula is C29H35N5O7. The summed E-state index contributed by atoms with van der Waals surface area (Å²) in [7, 11) is 0. The van der Waals surface area contributed by atoms with Gasteiger partial charge in [0, 0.05) is 19.6 Å². The fraction of sp³-hybridized carbons (Fsp3) is 0.414. The van der Waals surface area contributed by atoms with Gasteiger partial charge in [-0.2, -0.15) is 0 Å². The molecule has 2 saturated heterocycles. The van der Waals surface area contributed by atoms with Crippen molar-refractivity contribution in [1.29, 1.82) is 0 Å². The summed E-state index contributed by atoms with van der Waals surface area (Å²) in [5, 5.41) is 16.2. The largest absolute Gasteiger partial charge is 0.445 e. The first-order valence-electron chi connectivity index (χ1n) is 13.6. The number of carbonyl (C=O) groups excluding carboxylic acids is 5. The Bertz CT molecular complexity index is 1240. The standard InChI is InChI=1S/C29H35N5O7/c30-24(35)17-22(32-29(40)41-18-20-10-5-2-6-11-20)26(37)31-21(16-19-8-3-1-4-9-19)25(36)28(39)34-13-7-12-23(34)27(38)33-14-15-33/h1-6,8-11,21-23,25,36H,7,12-18H2,(H2,30,35)(H,31,37)(H,32,40)/t21-,22-,23-,25-/m0/s1. The SMILES string of the molecule is NC(=O)C[C@H](NC(=O)OCc1ccccc1)C(=O)N[C@@H](Cc1ccccc1)[C@H](O)C(=O)N1CCC[C@H]1C(=O)N1CC1. The maximum Gasteiger partial charge on any atom is 0.408 e. The number of benzene rings is 2. The van der Waals surface area contributed by atoms with Gasteiger partial charge in [0.2, 0.25) is 17.7 Å². The molecule has 2 aromatic rings. The van der Waals surface area contributed by atoms with Crippen LogP contribution in [0.5, 0.6) is 0 Å². The first-order valence-corrected chi connectivity index (χ1v) is 13.6. The van der Waals surface area contributed by atoms with E-state index in [2.05, 4.69) is 10.6 Å². The van der Waals surface area contributed by atoms with Gasteiger partial charge in [-0.05, 0) is 30.4 Å². The summed E-state index contributed by atoms with van der Waals surface area (Å²) in [6, 6.07) is 14.6. The maximum atomic E-state index is 13.5. The van der Waals surface area contributed by atoms with Crippen LogP contribution in [0.15, 0.2) is 60.7 Å². The summed E-state index contributed by atoms with van der Waals surface area (Å²) in [5.41, 5.74) is 6.78. The van der Waals surface area contributed by atoms with Gasteiger partial charge < -0.3 is 36.0 Å². The van der Waals surface area contributed by atoms with Gasteiger partial charge >= 0.3 is 6.09 Å². The Morgan fingerprint density at radius 1 is 0.927 bits per heavy atom. The minimum Gasteiger partial charge on any atom is -0.445 e. The van der Waals surface area contributed by atoms with Crippen molar-refractivity contribution < 1.29 is 33.8 Å². The van der Waals surface area contributed by atoms with Gasteiger partial charge in [0.15, 0.2) is 6.10 Å². The number of aliphatic hydroxyl groups excluding tert-OH is 1. The summed E-state index contributed by atoms with van der Waals surface area (Å²) in [4.78, 5) is 66.7. The van der Waals surface area contributed by atoms with Gasteiger partial charge in [-0.25, -0.2) is 4.79 Å². The predicted molar refractivity (Wildman–Crippen MR) is 147 cm³/mol. The van der Waals surface area contributed by atoms with E-state index in [4.69, 9.17) is 10.5 Å². The number of nitrogens with zero attached hydrogens (tertiary/aromatic N) is 2. The zero-order valence-corrected chi connectivity index (χ0v) is 22.6. The van der Waals surface area contributed by atoms with Gasteiger partial charge in [0.1, 0.15) is 18.7 Å². The normalized spacial score (nSPS) is 18.1. The van der Waals surface area contributed by atoms with Crippen LogP contribution in [0.4, 0.5) is 4.79 Å². The molecular weight excluding hydrogens is 530 g/mol. The summed E-state index contributed by atoms with van der Waals surface area (Å²) in [6.45, 7) is 1.54. The minimum absolute atomic E-state index is 0.0609. The first-order chi connectivity index (χ1) is 19.7. The van der Waals surface area contributed by atoms with Crippen molar-refractivity contribution in [3.63, 3.8) is 0 Å². The zero-order valence-electron chi connectivity index (χ0n) is 22.6. The maximum absolute atomic E-state index is 13.5. The second kappa shape index (κ2) is 13.8. The number of hydrogen-bond acceptors (Lipinski definition) is 7. The van der Waals surface area contributed by atoms with Crippen LogP contribution in [-0.4, -0.2) is 88.5 Å². The van der Waals surface area contributed by atoms with Gasteiger partial charge in [-0.3, -0.25) is 19.2 Å². The second-order valence-corrected chi connectivity index (χ2v) is 10.2. The van der Waals surface area contributed by atoms with Crippen LogP contribution < -0.4 is 16.4 Å². The van der Waals surface area contributed by atoms with E-state index in [1.54, 1.807) is 59.5 Å². The van der Waals surface area contributed by atoms with Crippen molar-refractivity contribution in [3.05, 3.63) is 71.8 Å². The molecule has 218 valence electrons. The fourth-order valence-corrected chi connectivity index (χ4v) is 4.82. The minimum atomic E-state index is -1.69. The number of nitrogens with two attached hydrogens (primary N) is 1. The molecule has 41 heavy (non-hydrogen) atoms. The van der Waals surface area contributed by atoms with Gasteiger partial charge in [-0.15, -0.1) is 0 Å². The molecule has 4 rings (SSSR count). The van der Waals surface area contributed by atoms with Crippen LogP contribution in [0.3, 0.4) is 0 Å². The molecule has 2 aliphatic rings. The van der Waals surface area contributed by atoms with E-state index in [0.717, 1.165) is 11.1 Å². The molecule has 12 nitrogen and oxygen atoms in total. The summed E-state index contributed by atoms with van der Waals surface area (Å²) in [5.74, 6) is -2.50. The second-order valence-electron chi connectivity index (χ2n) is 10.2. The van der Waals surface area contributed by atoms with Crippen molar-refractivity contribution in [2.24, 2.45) is 5.73 Å². The van der Waals surface area contributed by atoms with E-state index < -0.39 is 54.5 Å². The Hall–Kier alpha value is -4.45. The number of nitrogens with one attached hydrogen (secondary N) is 2. The van der Waals surface area contributed by atoms with Crippen LogP contribution in [0, 0.1) is 0 Å². The lowest BCUT2D eigenvalue weighted by molar-refractivity contribution is -0.148. The molecule has 2 aromatic carbocycles. The number of carbonyl (C=O) groups is 5. The average Bonchev–Trinajstić information content (AvgIpc) is 3.71. The molecule has 0 spiro atoms. The number of aliphatic hydroxyl groups is 1. The van der Waals surface area contributed by atoms with E-state index in [0.29, 0.717) is 32.5 Å². The Balaban J connectivity index is 1.46. The smallest absolute Gasteiger partial charge is 0.408 e. The lowest BCUT2D eigenvalue weighted by Crippen LogP contribution is -2.58. The summed E-state index contributed by atoms with van der Waals surface area (Å²) in [6.07, 6.45) is -1.99. The van der Waals surface area contributed by atoms with Crippen LogP contribution in [0.25, 0.3) is 0 Å². The third-order valence-electron chi connectivity index (χ3n) is 7.07. The van der Waals surface area contributed by atoms with Crippen molar-refractivity contribution in [2.45, 2.75) is 56.5 Å². The predicted octanol–water partition coefficient (Wildman–Crippen LogP) is 0.0784. The molecule has 5 N–H and O–H groups in total. The van der Waals surface area contributed by atoms with Crippen molar-refractivity contribution >= 4 is 29.7 Å². The number of hydrogen-bond donors (Lipinski definition) is 4. The van der Waals surface area contributed by atoms with Crippen LogP contribution in [0.2, 0.25) is 0 Å². The third kappa shape index (κ3) is 8.27. The van der Waals surface area contributed by atoms with Gasteiger partial charge in [-0.1, -0.05) is 60.7 Å². The van der Waals surface area contributed by atoms with Gasteiger partial charge in [0.25, 0.3) is 5.91 Å². The molecule has 0 aliphatic carbocycles. The fourth-order valence-electron chi connectivity index (χ4n) is 4.82. The topological polar surface area (TPSA) is 171 Å². The van der Waals surface area contributed by atoms with Crippen molar-refractivity contribution in [3.8, 4) is 0 Å². The summed E-state index contributed by atoms with van der Waals surface area (Å²) < 4.78 is 5.17. The Labute approximate surface area is 237 Å². The zero-order chi connectivity index (χ0) is 29.4. The van der Waals surface area contributed by atoms with Gasteiger partial charge in [0.05, 0.1) is 12.5 Å². The highest BCUT2D eigenvalue weighted by atomic mass is 16.5. The number of primary amides is 1. The van der Waals surface area contributed by atoms with E-state index in [1.165, 1.54) is 4.90 Å². The van der Waals surface area contributed by atoms with Crippen molar-refractivity contribution in [1.82, 2.24) is 20.4 Å². The van der Waals surface area contributed by atoms with Crippen LogP contribution in [-0.2, 0) is 36.9 Å². The third-order valence-corrected chi connectivity index (χ3v) is 7.07. The Kier molecular flexibility index (Phi) is 9.91. The molecule has 0 saturated carbocycles. The lowest BCUT2D eigenvalue weighted by Gasteiger charge is -2.31. The molecule has 0 aromatic heterocycles. The number of alkyl carbamates (subject to hydrolysis) is 1. The Morgan fingerprint density at radius 2 is 1.56 bits per heavy atom. The van der Waals surface area contributed by atoms with Crippen LogP contribution >= 0.6 is 0 Å². The van der Waals surface area contributed by atoms with Crippen LogP contribution in [0.1, 0.15) is 30.4 Å². The molecule has 0 radical (unpaired) electrons. The molecule has 0 bridgehead atoms. The molecule has 2 aliphatic heterocycles. The average molecular weight is 566 g/mol.